The van der Waals surface area contributed by atoms with E-state index < -0.39 is 5.82 Å². The molecule has 1 aromatic rings. The van der Waals surface area contributed by atoms with E-state index in [1.54, 1.807) is 0 Å². The summed E-state index contributed by atoms with van der Waals surface area (Å²) in [7, 11) is 0. The first-order valence-electron chi connectivity index (χ1n) is 6.02. The van der Waals surface area contributed by atoms with Crippen LogP contribution in [0.2, 0.25) is 0 Å². The molecule has 1 rings (SSSR count). The maximum absolute atomic E-state index is 13.3. The van der Waals surface area contributed by atoms with Gasteiger partial charge in [-0.1, -0.05) is 13.8 Å². The first-order chi connectivity index (χ1) is 9.02. The number of anilines is 2. The summed E-state index contributed by atoms with van der Waals surface area (Å²) in [4.78, 5) is 18.8. The molecule has 1 heterocycles. The van der Waals surface area contributed by atoms with Crippen molar-refractivity contribution >= 4 is 17.7 Å². The second-order valence-corrected chi connectivity index (χ2v) is 4.41. The van der Waals surface area contributed by atoms with Crippen LogP contribution in [0.1, 0.15) is 20.3 Å². The van der Waals surface area contributed by atoms with E-state index >= 15 is 0 Å². The standard InChI is InChI=1S/C11H19FN6O/c1-7(2)5-15-9(19)3-4-14-10-8(12)6-16-11(17-10)18-13/h6-7H,3-5,13H2,1-2H3,(H,15,19)(H2,14,16,17,18). The molecule has 0 saturated heterocycles. The normalized spacial score (nSPS) is 10.4. The molecule has 0 bridgehead atoms. The summed E-state index contributed by atoms with van der Waals surface area (Å²) in [6.45, 7) is 4.93. The topological polar surface area (TPSA) is 105 Å². The van der Waals surface area contributed by atoms with Crippen molar-refractivity contribution in [1.29, 1.82) is 0 Å². The van der Waals surface area contributed by atoms with Gasteiger partial charge in [-0.2, -0.15) is 4.98 Å². The van der Waals surface area contributed by atoms with Crippen LogP contribution in [-0.2, 0) is 4.79 Å². The second-order valence-electron chi connectivity index (χ2n) is 4.41. The van der Waals surface area contributed by atoms with Crippen LogP contribution in [0.3, 0.4) is 0 Å². The largest absolute Gasteiger partial charge is 0.367 e. The van der Waals surface area contributed by atoms with E-state index in [0.717, 1.165) is 6.20 Å². The summed E-state index contributed by atoms with van der Waals surface area (Å²) >= 11 is 0. The number of nitrogens with two attached hydrogens (primary N) is 1. The first kappa shape index (κ1) is 15.1. The van der Waals surface area contributed by atoms with E-state index in [4.69, 9.17) is 5.84 Å². The number of aromatic nitrogens is 2. The summed E-state index contributed by atoms with van der Waals surface area (Å²) in [5.41, 5.74) is 2.22. The van der Waals surface area contributed by atoms with Crippen molar-refractivity contribution in [1.82, 2.24) is 15.3 Å². The Morgan fingerprint density at radius 3 is 2.89 bits per heavy atom. The number of amides is 1. The lowest BCUT2D eigenvalue weighted by molar-refractivity contribution is -0.120. The van der Waals surface area contributed by atoms with Gasteiger partial charge in [-0.3, -0.25) is 10.2 Å². The van der Waals surface area contributed by atoms with Crippen molar-refractivity contribution in [3.8, 4) is 0 Å². The highest BCUT2D eigenvalue weighted by Crippen LogP contribution is 2.10. The predicted molar refractivity (Wildman–Crippen MR) is 70.8 cm³/mol. The quantitative estimate of drug-likeness (QED) is 0.424. The van der Waals surface area contributed by atoms with E-state index in [9.17, 15) is 9.18 Å². The van der Waals surface area contributed by atoms with Gasteiger partial charge in [-0.25, -0.2) is 15.2 Å². The molecule has 0 aliphatic heterocycles. The highest BCUT2D eigenvalue weighted by molar-refractivity contribution is 5.76. The summed E-state index contributed by atoms with van der Waals surface area (Å²) in [6, 6.07) is 0. The van der Waals surface area contributed by atoms with E-state index in [-0.39, 0.29) is 30.6 Å². The van der Waals surface area contributed by atoms with Crippen LogP contribution in [0, 0.1) is 11.7 Å². The molecular formula is C11H19FN6O. The summed E-state index contributed by atoms with van der Waals surface area (Å²) < 4.78 is 13.3. The molecule has 0 atom stereocenters. The molecule has 106 valence electrons. The van der Waals surface area contributed by atoms with Crippen LogP contribution in [0.5, 0.6) is 0 Å². The Kier molecular flexibility index (Phi) is 5.94. The maximum atomic E-state index is 13.3. The molecule has 1 amide bonds. The Bertz CT molecular complexity index is 426. The number of rotatable bonds is 7. The third kappa shape index (κ3) is 5.47. The van der Waals surface area contributed by atoms with Crippen LogP contribution in [0.4, 0.5) is 16.2 Å². The first-order valence-corrected chi connectivity index (χ1v) is 6.02. The molecule has 0 saturated carbocycles. The van der Waals surface area contributed by atoms with Gasteiger partial charge in [-0.05, 0) is 5.92 Å². The zero-order valence-corrected chi connectivity index (χ0v) is 11.0. The SMILES string of the molecule is CC(C)CNC(=O)CCNc1nc(NN)ncc1F. The number of hydrogen-bond acceptors (Lipinski definition) is 6. The Balaban J connectivity index is 2.38. The zero-order valence-electron chi connectivity index (χ0n) is 11.0. The monoisotopic (exact) mass is 270 g/mol. The highest BCUT2D eigenvalue weighted by Gasteiger charge is 2.07. The van der Waals surface area contributed by atoms with Crippen molar-refractivity contribution in [2.75, 3.05) is 23.8 Å². The molecule has 0 unspecified atom stereocenters. The lowest BCUT2D eigenvalue weighted by Crippen LogP contribution is -2.28. The molecule has 0 aromatic carbocycles. The van der Waals surface area contributed by atoms with Crippen LogP contribution >= 0.6 is 0 Å². The number of carbonyl (C=O) groups is 1. The number of carbonyl (C=O) groups excluding carboxylic acids is 1. The van der Waals surface area contributed by atoms with E-state index in [2.05, 4.69) is 26.0 Å². The van der Waals surface area contributed by atoms with Crippen LogP contribution in [-0.4, -0.2) is 29.0 Å². The number of nitrogens with one attached hydrogen (secondary N) is 3. The Morgan fingerprint density at radius 2 is 2.26 bits per heavy atom. The molecule has 0 aliphatic carbocycles. The van der Waals surface area contributed by atoms with Crippen molar-refractivity contribution in [3.63, 3.8) is 0 Å². The molecule has 0 radical (unpaired) electrons. The van der Waals surface area contributed by atoms with Gasteiger partial charge in [0, 0.05) is 19.5 Å². The Hall–Kier alpha value is -1.96. The number of halogens is 1. The van der Waals surface area contributed by atoms with E-state index in [1.165, 1.54) is 0 Å². The summed E-state index contributed by atoms with van der Waals surface area (Å²) in [6.07, 6.45) is 1.24. The predicted octanol–water partition coefficient (Wildman–Crippen LogP) is 0.475. The average Bonchev–Trinajstić information content (AvgIpc) is 2.38. The lowest BCUT2D eigenvalue weighted by Gasteiger charge is -2.09. The fourth-order valence-electron chi connectivity index (χ4n) is 1.26. The molecule has 0 fully saturated rings. The molecule has 1 aromatic heterocycles. The summed E-state index contributed by atoms with van der Waals surface area (Å²) in [5, 5.41) is 5.49. The van der Waals surface area contributed by atoms with Crippen molar-refractivity contribution in [2.24, 2.45) is 11.8 Å². The zero-order chi connectivity index (χ0) is 14.3. The molecule has 7 nitrogen and oxygen atoms in total. The minimum atomic E-state index is -0.596. The van der Waals surface area contributed by atoms with E-state index in [0.29, 0.717) is 12.5 Å². The van der Waals surface area contributed by atoms with Gasteiger partial charge in [-0.15, -0.1) is 0 Å². The van der Waals surface area contributed by atoms with Gasteiger partial charge in [0.15, 0.2) is 11.6 Å². The third-order valence-corrected chi connectivity index (χ3v) is 2.23. The minimum Gasteiger partial charge on any atom is -0.367 e. The Labute approximate surface area is 111 Å². The van der Waals surface area contributed by atoms with Crippen molar-refractivity contribution in [2.45, 2.75) is 20.3 Å². The molecule has 5 N–H and O–H groups in total. The van der Waals surface area contributed by atoms with Crippen LogP contribution < -0.4 is 21.9 Å². The highest BCUT2D eigenvalue weighted by atomic mass is 19.1. The fraction of sp³-hybridized carbons (Fsp3) is 0.545. The van der Waals surface area contributed by atoms with Gasteiger partial charge in [0.1, 0.15) is 0 Å². The minimum absolute atomic E-state index is 0.0135. The van der Waals surface area contributed by atoms with Crippen LogP contribution in [0.15, 0.2) is 6.20 Å². The number of nitrogens with zero attached hydrogens (tertiary/aromatic N) is 2. The lowest BCUT2D eigenvalue weighted by atomic mass is 10.2. The van der Waals surface area contributed by atoms with E-state index in [1.807, 2.05) is 13.8 Å². The van der Waals surface area contributed by atoms with Gasteiger partial charge < -0.3 is 10.6 Å². The second kappa shape index (κ2) is 7.47. The number of hydrazine groups is 1. The molecular weight excluding hydrogens is 251 g/mol. The summed E-state index contributed by atoms with van der Waals surface area (Å²) in [5.74, 6) is 4.95. The van der Waals surface area contributed by atoms with Gasteiger partial charge in [0.25, 0.3) is 0 Å². The Morgan fingerprint density at radius 1 is 1.53 bits per heavy atom. The van der Waals surface area contributed by atoms with Crippen LogP contribution in [0.25, 0.3) is 0 Å². The fourth-order valence-corrected chi connectivity index (χ4v) is 1.26. The van der Waals surface area contributed by atoms with Gasteiger partial charge in [0.2, 0.25) is 11.9 Å². The van der Waals surface area contributed by atoms with Crippen molar-refractivity contribution in [3.05, 3.63) is 12.0 Å². The van der Waals surface area contributed by atoms with Gasteiger partial charge >= 0.3 is 0 Å². The third-order valence-electron chi connectivity index (χ3n) is 2.23. The number of hydrogen-bond donors (Lipinski definition) is 4. The molecule has 19 heavy (non-hydrogen) atoms. The maximum Gasteiger partial charge on any atom is 0.239 e. The molecule has 0 spiro atoms. The van der Waals surface area contributed by atoms with Gasteiger partial charge in [0.05, 0.1) is 6.20 Å². The molecule has 0 aliphatic rings. The average molecular weight is 270 g/mol. The molecule has 8 heteroatoms. The number of nitrogen functional groups attached to an aromatic ring is 1. The van der Waals surface area contributed by atoms with Crippen molar-refractivity contribution < 1.29 is 9.18 Å². The smallest absolute Gasteiger partial charge is 0.239 e.